The molecule has 0 unspecified atom stereocenters. The Hall–Kier alpha value is -1.39. The van der Waals surface area contributed by atoms with Gasteiger partial charge in [-0.15, -0.1) is 36.9 Å². The van der Waals surface area contributed by atoms with Crippen LogP contribution in [-0.4, -0.2) is 23.1 Å². The molecule has 1 aliphatic carbocycles. The van der Waals surface area contributed by atoms with Crippen molar-refractivity contribution in [2.24, 2.45) is 0 Å². The number of aromatic nitrogens is 2. The van der Waals surface area contributed by atoms with Crippen molar-refractivity contribution in [1.29, 1.82) is 0 Å². The van der Waals surface area contributed by atoms with Gasteiger partial charge in [0, 0.05) is 18.0 Å². The summed E-state index contributed by atoms with van der Waals surface area (Å²) < 4.78 is 0. The van der Waals surface area contributed by atoms with Gasteiger partial charge in [0.05, 0.1) is 5.39 Å². The van der Waals surface area contributed by atoms with Crippen molar-refractivity contribution in [2.45, 2.75) is 25.7 Å². The van der Waals surface area contributed by atoms with Crippen molar-refractivity contribution < 1.29 is 0 Å². The largest absolute Gasteiger partial charge is 0.349 e. The zero-order chi connectivity index (χ0) is 13.9. The summed E-state index contributed by atoms with van der Waals surface area (Å²) in [7, 11) is 0. The van der Waals surface area contributed by atoms with Crippen LogP contribution >= 0.6 is 23.7 Å². The number of rotatable bonds is 5. The molecule has 21 heavy (non-hydrogen) atoms. The molecule has 0 amide bonds. The zero-order valence-electron chi connectivity index (χ0n) is 12.0. The molecule has 0 fully saturated rings. The fraction of sp³-hybridized carbons (Fsp3) is 0.375. The van der Waals surface area contributed by atoms with Gasteiger partial charge in [0.25, 0.3) is 0 Å². The van der Waals surface area contributed by atoms with E-state index in [0.29, 0.717) is 0 Å². The maximum absolute atomic E-state index is 4.55. The number of aryl methyl sites for hydroxylation is 2. The van der Waals surface area contributed by atoms with E-state index in [2.05, 4.69) is 28.0 Å². The summed E-state index contributed by atoms with van der Waals surface area (Å²) in [4.78, 5) is 13.9. The third-order valence-corrected chi connectivity index (χ3v) is 4.93. The van der Waals surface area contributed by atoms with Crippen LogP contribution in [0.3, 0.4) is 0 Å². The van der Waals surface area contributed by atoms with Crippen molar-refractivity contribution in [3.05, 3.63) is 42.1 Å². The quantitative estimate of drug-likeness (QED) is 0.774. The van der Waals surface area contributed by atoms with E-state index in [1.807, 2.05) is 23.5 Å². The van der Waals surface area contributed by atoms with Gasteiger partial charge in [-0.05, 0) is 31.2 Å². The van der Waals surface area contributed by atoms with Gasteiger partial charge < -0.3 is 4.90 Å². The number of halogens is 1. The monoisotopic (exact) mass is 321 g/mol. The Kier molecular flexibility index (Phi) is 5.37. The van der Waals surface area contributed by atoms with E-state index in [9.17, 15) is 0 Å². The molecule has 0 spiro atoms. The van der Waals surface area contributed by atoms with E-state index in [1.54, 1.807) is 6.33 Å². The van der Waals surface area contributed by atoms with Gasteiger partial charge in [-0.25, -0.2) is 9.97 Å². The minimum Gasteiger partial charge on any atom is -0.349 e. The second-order valence-electron chi connectivity index (χ2n) is 5.07. The van der Waals surface area contributed by atoms with Crippen LogP contribution in [0.5, 0.6) is 0 Å². The van der Waals surface area contributed by atoms with Gasteiger partial charge in [-0.1, -0.05) is 12.2 Å². The maximum Gasteiger partial charge on any atom is 0.141 e. The maximum atomic E-state index is 4.55. The fourth-order valence-electron chi connectivity index (χ4n) is 2.87. The standard InChI is InChI=1S/C16H19N3S.ClH/c1-3-9-19(10-4-2)15-14-12-7-5-6-8-13(12)20-16(14)18-11-17-15;/h3-4,11H,1-2,5-10H2;1H. The molecule has 3 rings (SSSR count). The highest BCUT2D eigenvalue weighted by atomic mass is 35.5. The summed E-state index contributed by atoms with van der Waals surface area (Å²) >= 11 is 1.84. The van der Waals surface area contributed by atoms with Crippen LogP contribution in [0.2, 0.25) is 0 Å². The number of thiophene rings is 1. The van der Waals surface area contributed by atoms with E-state index in [1.165, 1.54) is 35.1 Å². The second-order valence-corrected chi connectivity index (χ2v) is 6.15. The first-order valence-electron chi connectivity index (χ1n) is 7.07. The summed E-state index contributed by atoms with van der Waals surface area (Å²) in [5.41, 5.74) is 1.48. The molecule has 5 heteroatoms. The van der Waals surface area contributed by atoms with Crippen molar-refractivity contribution in [3.8, 4) is 0 Å². The molecule has 1 aliphatic rings. The Bertz CT molecular complexity index is 640. The summed E-state index contributed by atoms with van der Waals surface area (Å²) in [6.45, 7) is 9.25. The lowest BCUT2D eigenvalue weighted by Gasteiger charge is -2.22. The van der Waals surface area contributed by atoms with Crippen LogP contribution in [0.1, 0.15) is 23.3 Å². The molecule has 0 radical (unpaired) electrons. The average Bonchev–Trinajstić information content (AvgIpc) is 2.85. The molecular weight excluding hydrogens is 302 g/mol. The van der Waals surface area contributed by atoms with Gasteiger partial charge in [0.2, 0.25) is 0 Å². The number of hydrogen-bond donors (Lipinski definition) is 0. The van der Waals surface area contributed by atoms with Crippen LogP contribution in [0.15, 0.2) is 31.6 Å². The summed E-state index contributed by atoms with van der Waals surface area (Å²) in [6.07, 6.45) is 10.4. The van der Waals surface area contributed by atoms with Crippen molar-refractivity contribution in [1.82, 2.24) is 9.97 Å². The van der Waals surface area contributed by atoms with Gasteiger partial charge in [0.15, 0.2) is 0 Å². The molecule has 3 nitrogen and oxygen atoms in total. The van der Waals surface area contributed by atoms with E-state index < -0.39 is 0 Å². The van der Waals surface area contributed by atoms with Crippen LogP contribution in [0.4, 0.5) is 5.82 Å². The minimum atomic E-state index is 0. The van der Waals surface area contributed by atoms with Crippen LogP contribution in [0, 0.1) is 0 Å². The predicted octanol–water partition coefficient (Wildman–Crippen LogP) is 4.17. The topological polar surface area (TPSA) is 29.0 Å². The van der Waals surface area contributed by atoms with E-state index in [4.69, 9.17) is 0 Å². The lowest BCUT2D eigenvalue weighted by molar-refractivity contribution is 0.700. The van der Waals surface area contributed by atoms with Gasteiger partial charge in [0.1, 0.15) is 17.0 Å². The number of fused-ring (bicyclic) bond motifs is 3. The molecule has 2 heterocycles. The highest BCUT2D eigenvalue weighted by molar-refractivity contribution is 7.19. The Labute approximate surface area is 135 Å². The normalized spacial score (nSPS) is 13.3. The molecule has 0 saturated carbocycles. The molecule has 0 atom stereocenters. The molecule has 0 aliphatic heterocycles. The highest BCUT2D eigenvalue weighted by Gasteiger charge is 2.21. The summed E-state index contributed by atoms with van der Waals surface area (Å²) in [6, 6.07) is 0. The molecule has 0 saturated heterocycles. The third kappa shape index (κ3) is 2.97. The second kappa shape index (κ2) is 7.05. The van der Waals surface area contributed by atoms with Crippen molar-refractivity contribution in [2.75, 3.05) is 18.0 Å². The first-order valence-corrected chi connectivity index (χ1v) is 7.88. The Morgan fingerprint density at radius 3 is 2.57 bits per heavy atom. The minimum absolute atomic E-state index is 0. The van der Waals surface area contributed by atoms with Gasteiger partial charge >= 0.3 is 0 Å². The number of anilines is 1. The van der Waals surface area contributed by atoms with Crippen LogP contribution in [0.25, 0.3) is 10.2 Å². The lowest BCUT2D eigenvalue weighted by atomic mass is 9.97. The molecule has 0 aromatic carbocycles. The fourth-order valence-corrected chi connectivity index (χ4v) is 4.10. The summed E-state index contributed by atoms with van der Waals surface area (Å²) in [5.74, 6) is 1.04. The van der Waals surface area contributed by atoms with Crippen molar-refractivity contribution in [3.63, 3.8) is 0 Å². The SMILES string of the molecule is C=CCN(CC=C)c1ncnc2sc3c(c12)CCCC3.Cl. The number of nitrogens with zero attached hydrogens (tertiary/aromatic N) is 3. The Morgan fingerprint density at radius 1 is 1.14 bits per heavy atom. The zero-order valence-corrected chi connectivity index (χ0v) is 13.7. The van der Waals surface area contributed by atoms with E-state index in [0.717, 1.165) is 30.2 Å². The van der Waals surface area contributed by atoms with Gasteiger partial charge in [-0.2, -0.15) is 0 Å². The molecule has 0 bridgehead atoms. The Balaban J connectivity index is 0.00000161. The predicted molar refractivity (Wildman–Crippen MR) is 93.9 cm³/mol. The highest BCUT2D eigenvalue weighted by Crippen LogP contribution is 2.39. The average molecular weight is 322 g/mol. The van der Waals surface area contributed by atoms with Crippen LogP contribution in [-0.2, 0) is 12.8 Å². The first-order chi connectivity index (χ1) is 9.85. The van der Waals surface area contributed by atoms with Crippen molar-refractivity contribution >= 4 is 39.8 Å². The molecular formula is C16H20ClN3S. The van der Waals surface area contributed by atoms with Gasteiger partial charge in [-0.3, -0.25) is 0 Å². The third-order valence-electron chi connectivity index (χ3n) is 3.73. The summed E-state index contributed by atoms with van der Waals surface area (Å²) in [5, 5.41) is 1.26. The molecule has 112 valence electrons. The first kappa shape index (κ1) is 16.0. The molecule has 2 aromatic rings. The molecule has 2 aromatic heterocycles. The smallest absolute Gasteiger partial charge is 0.141 e. The lowest BCUT2D eigenvalue weighted by Crippen LogP contribution is -2.24. The van der Waals surface area contributed by atoms with E-state index >= 15 is 0 Å². The Morgan fingerprint density at radius 2 is 1.86 bits per heavy atom. The van der Waals surface area contributed by atoms with E-state index in [-0.39, 0.29) is 12.4 Å². The molecule has 0 N–H and O–H groups in total. The number of hydrogen-bond acceptors (Lipinski definition) is 4. The van der Waals surface area contributed by atoms with Crippen LogP contribution < -0.4 is 4.90 Å².